The van der Waals surface area contributed by atoms with Gasteiger partial charge in [0.1, 0.15) is 0 Å². The number of rotatable bonds is 3. The molecule has 6 nitrogen and oxygen atoms in total. The highest BCUT2D eigenvalue weighted by atomic mass is 16.4. The van der Waals surface area contributed by atoms with Gasteiger partial charge in [0.05, 0.1) is 6.61 Å². The lowest BCUT2D eigenvalue weighted by Gasteiger charge is -2.25. The van der Waals surface area contributed by atoms with Gasteiger partial charge in [0.25, 0.3) is 0 Å². The molecule has 0 aliphatic heterocycles. The number of carboxylic acids is 1. The number of aromatic nitrogens is 1. The van der Waals surface area contributed by atoms with E-state index in [2.05, 4.69) is 0 Å². The van der Waals surface area contributed by atoms with Crippen LogP contribution in [-0.4, -0.2) is 27.4 Å². The first-order valence-electron chi connectivity index (χ1n) is 3.82. The standard InChI is InChI=1S/C8H10N2O4/c9-8(5-11,7(13)14)10-3-1-6(12)2-4-10/h1-4,11H,5,9H2,(H,13,14)/t8-/m0/s1. The molecule has 0 radical (unpaired) electrons. The number of pyridine rings is 1. The van der Waals surface area contributed by atoms with E-state index in [0.29, 0.717) is 0 Å². The summed E-state index contributed by atoms with van der Waals surface area (Å²) in [6.45, 7) is -0.759. The maximum Gasteiger partial charge on any atom is 0.347 e. The Kier molecular flexibility index (Phi) is 2.68. The molecule has 0 amide bonds. The summed E-state index contributed by atoms with van der Waals surface area (Å²) >= 11 is 0. The predicted molar refractivity (Wildman–Crippen MR) is 47.6 cm³/mol. The van der Waals surface area contributed by atoms with Crippen molar-refractivity contribution in [3.05, 3.63) is 34.7 Å². The molecule has 76 valence electrons. The highest BCUT2D eigenvalue weighted by Crippen LogP contribution is 2.07. The lowest BCUT2D eigenvalue weighted by Crippen LogP contribution is -2.53. The molecular formula is C8H10N2O4. The number of nitrogens with two attached hydrogens (primary N) is 1. The largest absolute Gasteiger partial charge is 0.478 e. The van der Waals surface area contributed by atoms with E-state index in [-0.39, 0.29) is 5.43 Å². The highest BCUT2D eigenvalue weighted by Gasteiger charge is 2.34. The van der Waals surface area contributed by atoms with E-state index in [1.165, 1.54) is 24.5 Å². The fourth-order valence-corrected chi connectivity index (χ4v) is 0.939. The molecule has 4 N–H and O–H groups in total. The van der Waals surface area contributed by atoms with Gasteiger partial charge >= 0.3 is 5.97 Å². The topological polar surface area (TPSA) is 106 Å². The minimum atomic E-state index is -1.92. The van der Waals surface area contributed by atoms with Crippen molar-refractivity contribution >= 4 is 5.97 Å². The van der Waals surface area contributed by atoms with Gasteiger partial charge in [0, 0.05) is 24.5 Å². The fraction of sp³-hybridized carbons (Fsp3) is 0.250. The molecule has 14 heavy (non-hydrogen) atoms. The Morgan fingerprint density at radius 1 is 1.50 bits per heavy atom. The van der Waals surface area contributed by atoms with Gasteiger partial charge in [0.15, 0.2) is 5.43 Å². The number of carbonyl (C=O) groups is 1. The Balaban J connectivity index is 3.19. The first-order valence-corrected chi connectivity index (χ1v) is 3.82. The lowest BCUT2D eigenvalue weighted by atomic mass is 10.2. The third-order valence-electron chi connectivity index (χ3n) is 1.87. The van der Waals surface area contributed by atoms with Gasteiger partial charge in [-0.1, -0.05) is 0 Å². The number of aliphatic hydroxyl groups excluding tert-OH is 1. The van der Waals surface area contributed by atoms with Crippen LogP contribution in [0.4, 0.5) is 0 Å². The van der Waals surface area contributed by atoms with Crippen molar-refractivity contribution in [1.82, 2.24) is 4.57 Å². The van der Waals surface area contributed by atoms with Gasteiger partial charge in [-0.25, -0.2) is 4.79 Å². The van der Waals surface area contributed by atoms with Crippen LogP contribution in [0, 0.1) is 0 Å². The Labute approximate surface area is 79.2 Å². The van der Waals surface area contributed by atoms with Gasteiger partial charge in [-0.2, -0.15) is 0 Å². The molecule has 1 atom stereocenters. The number of aliphatic hydroxyl groups is 1. The molecule has 0 fully saturated rings. The molecule has 0 spiro atoms. The van der Waals surface area contributed by atoms with Gasteiger partial charge in [0.2, 0.25) is 5.66 Å². The third-order valence-corrected chi connectivity index (χ3v) is 1.87. The van der Waals surface area contributed by atoms with Crippen LogP contribution >= 0.6 is 0 Å². The third kappa shape index (κ3) is 1.66. The molecule has 0 aliphatic rings. The number of carboxylic acid groups (broad SMARTS) is 1. The highest BCUT2D eigenvalue weighted by molar-refractivity contribution is 5.76. The monoisotopic (exact) mass is 198 g/mol. The van der Waals surface area contributed by atoms with Gasteiger partial charge in [-0.05, 0) is 0 Å². The summed E-state index contributed by atoms with van der Waals surface area (Å²) in [6.07, 6.45) is 2.43. The van der Waals surface area contributed by atoms with Crippen LogP contribution in [0.5, 0.6) is 0 Å². The summed E-state index contributed by atoms with van der Waals surface area (Å²) in [7, 11) is 0. The van der Waals surface area contributed by atoms with E-state index in [1.807, 2.05) is 0 Å². The maximum atomic E-state index is 10.8. The Morgan fingerprint density at radius 2 is 2.00 bits per heavy atom. The van der Waals surface area contributed by atoms with Crippen molar-refractivity contribution in [3.63, 3.8) is 0 Å². The average Bonchev–Trinajstić information content (AvgIpc) is 2.17. The minimum Gasteiger partial charge on any atom is -0.478 e. The molecule has 1 heterocycles. The number of hydrogen-bond donors (Lipinski definition) is 3. The summed E-state index contributed by atoms with van der Waals surface area (Å²) in [5.41, 5.74) is 3.24. The predicted octanol–water partition coefficient (Wildman–Crippen LogP) is -1.46. The van der Waals surface area contributed by atoms with Gasteiger partial charge < -0.3 is 14.8 Å². The van der Waals surface area contributed by atoms with Crippen LogP contribution in [0.3, 0.4) is 0 Å². The van der Waals surface area contributed by atoms with Crippen molar-refractivity contribution in [2.45, 2.75) is 5.66 Å². The first kappa shape index (κ1) is 10.4. The SMILES string of the molecule is N[C@](CO)(C(=O)O)n1ccc(=O)cc1. The van der Waals surface area contributed by atoms with Crippen molar-refractivity contribution in [2.75, 3.05) is 6.61 Å². The number of nitrogens with zero attached hydrogens (tertiary/aromatic N) is 1. The van der Waals surface area contributed by atoms with Crippen molar-refractivity contribution in [1.29, 1.82) is 0 Å². The minimum absolute atomic E-state index is 0.257. The molecule has 6 heteroatoms. The maximum absolute atomic E-state index is 10.8. The summed E-state index contributed by atoms with van der Waals surface area (Å²) in [5.74, 6) is -1.37. The smallest absolute Gasteiger partial charge is 0.347 e. The van der Waals surface area contributed by atoms with Crippen molar-refractivity contribution in [3.8, 4) is 0 Å². The van der Waals surface area contributed by atoms with Crippen molar-refractivity contribution in [2.24, 2.45) is 5.73 Å². The average molecular weight is 198 g/mol. The van der Waals surface area contributed by atoms with Crippen LogP contribution < -0.4 is 11.2 Å². The lowest BCUT2D eigenvalue weighted by molar-refractivity contribution is -0.149. The molecule has 0 saturated heterocycles. The number of hydrogen-bond acceptors (Lipinski definition) is 4. The van der Waals surface area contributed by atoms with E-state index in [1.54, 1.807) is 0 Å². The van der Waals surface area contributed by atoms with E-state index in [4.69, 9.17) is 15.9 Å². The zero-order valence-corrected chi connectivity index (χ0v) is 7.25. The van der Waals surface area contributed by atoms with Gasteiger partial charge in [-0.15, -0.1) is 0 Å². The molecule has 0 aliphatic carbocycles. The molecule has 0 aromatic carbocycles. The van der Waals surface area contributed by atoms with E-state index >= 15 is 0 Å². The van der Waals surface area contributed by atoms with Crippen LogP contribution in [0.1, 0.15) is 0 Å². The molecule has 0 unspecified atom stereocenters. The molecular weight excluding hydrogens is 188 g/mol. The normalized spacial score (nSPS) is 14.7. The Bertz CT molecular complexity index is 380. The Hall–Kier alpha value is -1.66. The summed E-state index contributed by atoms with van der Waals surface area (Å²) in [4.78, 5) is 21.5. The molecule has 0 saturated carbocycles. The van der Waals surface area contributed by atoms with E-state index < -0.39 is 18.2 Å². The second-order valence-electron chi connectivity index (χ2n) is 2.83. The molecule has 1 aromatic heterocycles. The molecule has 0 bridgehead atoms. The van der Waals surface area contributed by atoms with Crippen LogP contribution in [0.25, 0.3) is 0 Å². The van der Waals surface area contributed by atoms with Crippen LogP contribution in [0.15, 0.2) is 29.3 Å². The summed E-state index contributed by atoms with van der Waals surface area (Å²) in [5, 5.41) is 17.6. The fourth-order valence-electron chi connectivity index (χ4n) is 0.939. The summed E-state index contributed by atoms with van der Waals surface area (Å²) in [6, 6.07) is 2.33. The summed E-state index contributed by atoms with van der Waals surface area (Å²) < 4.78 is 1.07. The van der Waals surface area contributed by atoms with Crippen LogP contribution in [-0.2, 0) is 10.5 Å². The van der Waals surface area contributed by atoms with E-state index in [9.17, 15) is 9.59 Å². The molecule has 1 aromatic rings. The quantitative estimate of drug-likeness (QED) is 0.550. The van der Waals surface area contributed by atoms with E-state index in [0.717, 1.165) is 4.57 Å². The first-order chi connectivity index (χ1) is 6.50. The van der Waals surface area contributed by atoms with Gasteiger partial charge in [-0.3, -0.25) is 10.5 Å². The Morgan fingerprint density at radius 3 is 2.36 bits per heavy atom. The van der Waals surface area contributed by atoms with Crippen molar-refractivity contribution < 1.29 is 15.0 Å². The van der Waals surface area contributed by atoms with Crippen LogP contribution in [0.2, 0.25) is 0 Å². The zero-order chi connectivity index (χ0) is 10.8. The second kappa shape index (κ2) is 3.60. The molecule has 1 rings (SSSR count). The second-order valence-corrected chi connectivity index (χ2v) is 2.83. The number of aliphatic carboxylic acids is 1. The zero-order valence-electron chi connectivity index (χ0n) is 7.25.